The number of nitrogens with one attached hydrogen (secondary N) is 4. The Morgan fingerprint density at radius 2 is 1.13 bits per heavy atom. The van der Waals surface area contributed by atoms with Gasteiger partial charge in [-0.3, -0.25) is 0 Å². The second-order valence-electron chi connectivity index (χ2n) is 8.76. The highest BCUT2D eigenvalue weighted by Gasteiger charge is 2.23. The molecule has 0 heterocycles. The lowest BCUT2D eigenvalue weighted by Crippen LogP contribution is -2.45. The van der Waals surface area contributed by atoms with Crippen LogP contribution in [0.4, 0.5) is 21.0 Å². The number of aryl methyl sites for hydroxylation is 1. The third-order valence-corrected chi connectivity index (χ3v) is 5.89. The van der Waals surface area contributed by atoms with Gasteiger partial charge in [0, 0.05) is 24.2 Å². The van der Waals surface area contributed by atoms with Gasteiger partial charge in [0.25, 0.3) is 0 Å². The van der Waals surface area contributed by atoms with Gasteiger partial charge >= 0.3 is 24.0 Å². The standard InChI is InChI=1S/C29H32N4O6/c1-19-14-15-22(30-28(36)32-24(26(34)38-2)16-20-10-6-4-7-11-20)18-23(19)31-29(37)33-25(27(35)39-3)17-21-12-8-5-9-13-21/h4-15,18,24-25H,16-17H2,1-3H3,(H2,30,32,36)(H2,31,33,37)/t24-,25?/m0/s1. The smallest absolute Gasteiger partial charge is 0.328 e. The first kappa shape index (κ1) is 28.7. The Morgan fingerprint density at radius 3 is 1.59 bits per heavy atom. The van der Waals surface area contributed by atoms with Gasteiger partial charge in [-0.05, 0) is 35.7 Å². The van der Waals surface area contributed by atoms with E-state index in [1.54, 1.807) is 25.1 Å². The minimum atomic E-state index is -0.898. The average Bonchev–Trinajstić information content (AvgIpc) is 2.94. The van der Waals surface area contributed by atoms with E-state index in [0.717, 1.165) is 16.7 Å². The van der Waals surface area contributed by atoms with Crippen molar-refractivity contribution in [3.8, 4) is 0 Å². The Balaban J connectivity index is 1.64. The number of amides is 4. The van der Waals surface area contributed by atoms with Crippen LogP contribution in [0.25, 0.3) is 0 Å². The first-order valence-electron chi connectivity index (χ1n) is 12.3. The number of hydrogen-bond acceptors (Lipinski definition) is 6. The summed E-state index contributed by atoms with van der Waals surface area (Å²) in [5.41, 5.74) is 3.25. The van der Waals surface area contributed by atoms with E-state index in [1.165, 1.54) is 14.2 Å². The molecule has 3 rings (SSSR count). The van der Waals surface area contributed by atoms with Crippen molar-refractivity contribution in [3.05, 3.63) is 95.6 Å². The topological polar surface area (TPSA) is 135 Å². The van der Waals surface area contributed by atoms with Gasteiger partial charge in [-0.2, -0.15) is 0 Å². The van der Waals surface area contributed by atoms with Crippen LogP contribution in [0.1, 0.15) is 16.7 Å². The van der Waals surface area contributed by atoms with Crippen molar-refractivity contribution in [2.24, 2.45) is 0 Å². The average molecular weight is 533 g/mol. The maximum absolute atomic E-state index is 12.8. The largest absolute Gasteiger partial charge is 0.467 e. The number of ether oxygens (including phenoxy) is 2. The second-order valence-corrected chi connectivity index (χ2v) is 8.76. The summed E-state index contributed by atoms with van der Waals surface area (Å²) in [4.78, 5) is 50.0. The van der Waals surface area contributed by atoms with Crippen molar-refractivity contribution in [2.75, 3.05) is 24.9 Å². The molecule has 3 aromatic carbocycles. The minimum absolute atomic E-state index is 0.256. The molecule has 204 valence electrons. The third-order valence-electron chi connectivity index (χ3n) is 5.89. The predicted octanol–water partition coefficient (Wildman–Crippen LogP) is 3.81. The van der Waals surface area contributed by atoms with E-state index in [0.29, 0.717) is 11.4 Å². The number of carbonyl (C=O) groups excluding carboxylic acids is 4. The molecular weight excluding hydrogens is 500 g/mol. The van der Waals surface area contributed by atoms with E-state index >= 15 is 0 Å². The number of rotatable bonds is 10. The number of carbonyl (C=O) groups is 4. The van der Waals surface area contributed by atoms with E-state index in [-0.39, 0.29) is 12.8 Å². The number of urea groups is 2. The van der Waals surface area contributed by atoms with Gasteiger partial charge in [-0.25, -0.2) is 19.2 Å². The molecule has 0 saturated carbocycles. The molecule has 39 heavy (non-hydrogen) atoms. The van der Waals surface area contributed by atoms with Crippen molar-refractivity contribution in [1.82, 2.24) is 10.6 Å². The summed E-state index contributed by atoms with van der Waals surface area (Å²) in [7, 11) is 2.52. The fourth-order valence-electron chi connectivity index (χ4n) is 3.85. The second kappa shape index (κ2) is 14.2. The SMILES string of the molecule is COC(=O)C(Cc1ccccc1)NC(=O)Nc1cc(NC(=O)N[C@@H](Cc2ccccc2)C(=O)OC)ccc1C. The summed E-state index contributed by atoms with van der Waals surface area (Å²) < 4.78 is 9.69. The van der Waals surface area contributed by atoms with Crippen molar-refractivity contribution in [2.45, 2.75) is 31.8 Å². The molecule has 0 radical (unpaired) electrons. The summed E-state index contributed by atoms with van der Waals surface area (Å²) >= 11 is 0. The predicted molar refractivity (Wildman–Crippen MR) is 147 cm³/mol. The van der Waals surface area contributed by atoms with Crippen molar-refractivity contribution >= 4 is 35.4 Å². The quantitative estimate of drug-likeness (QED) is 0.293. The number of anilines is 2. The Hall–Kier alpha value is -4.86. The first-order chi connectivity index (χ1) is 18.8. The minimum Gasteiger partial charge on any atom is -0.467 e. The zero-order chi connectivity index (χ0) is 28.2. The van der Waals surface area contributed by atoms with Crippen LogP contribution < -0.4 is 21.3 Å². The van der Waals surface area contributed by atoms with E-state index in [1.807, 2.05) is 60.7 Å². The Bertz CT molecular complexity index is 1280. The maximum Gasteiger partial charge on any atom is 0.328 e. The van der Waals surface area contributed by atoms with Gasteiger partial charge in [0.15, 0.2) is 0 Å². The molecule has 0 spiro atoms. The lowest BCUT2D eigenvalue weighted by atomic mass is 10.1. The highest BCUT2D eigenvalue weighted by Crippen LogP contribution is 2.20. The summed E-state index contributed by atoms with van der Waals surface area (Å²) in [6, 6.07) is 20.4. The molecule has 0 aliphatic heterocycles. The van der Waals surface area contributed by atoms with Gasteiger partial charge in [0.2, 0.25) is 0 Å². The number of esters is 2. The molecule has 4 amide bonds. The van der Waals surface area contributed by atoms with Crippen LogP contribution in [-0.4, -0.2) is 50.3 Å². The van der Waals surface area contributed by atoms with Crippen LogP contribution in [0.15, 0.2) is 78.9 Å². The molecule has 0 fully saturated rings. The third kappa shape index (κ3) is 8.89. The molecule has 0 aliphatic carbocycles. The molecule has 10 heteroatoms. The molecular formula is C29H32N4O6. The fourth-order valence-corrected chi connectivity index (χ4v) is 3.85. The Kier molecular flexibility index (Phi) is 10.4. The van der Waals surface area contributed by atoms with Crippen LogP contribution >= 0.6 is 0 Å². The molecule has 0 saturated heterocycles. The van der Waals surface area contributed by atoms with Gasteiger partial charge in [0.1, 0.15) is 12.1 Å². The molecule has 0 aromatic heterocycles. The van der Waals surface area contributed by atoms with Crippen molar-refractivity contribution < 1.29 is 28.7 Å². The van der Waals surface area contributed by atoms with Crippen molar-refractivity contribution in [1.29, 1.82) is 0 Å². The van der Waals surface area contributed by atoms with Crippen LogP contribution in [0.3, 0.4) is 0 Å². The van der Waals surface area contributed by atoms with Gasteiger partial charge in [-0.1, -0.05) is 66.7 Å². The molecule has 1 unspecified atom stereocenters. The monoisotopic (exact) mass is 532 g/mol. The van der Waals surface area contributed by atoms with Gasteiger partial charge < -0.3 is 30.7 Å². The summed E-state index contributed by atoms with van der Waals surface area (Å²) in [6.07, 6.45) is 0.512. The molecule has 3 aromatic rings. The lowest BCUT2D eigenvalue weighted by molar-refractivity contribution is -0.143. The highest BCUT2D eigenvalue weighted by molar-refractivity contribution is 5.96. The van der Waals surface area contributed by atoms with Crippen LogP contribution in [-0.2, 0) is 31.9 Å². The molecule has 0 aliphatic rings. The molecule has 0 bridgehead atoms. The van der Waals surface area contributed by atoms with E-state index in [9.17, 15) is 19.2 Å². The number of benzene rings is 3. The lowest BCUT2D eigenvalue weighted by Gasteiger charge is -2.19. The molecule has 10 nitrogen and oxygen atoms in total. The highest BCUT2D eigenvalue weighted by atomic mass is 16.5. The first-order valence-corrected chi connectivity index (χ1v) is 12.3. The van der Waals surface area contributed by atoms with E-state index < -0.39 is 36.1 Å². The number of methoxy groups -OCH3 is 2. The summed E-state index contributed by atoms with van der Waals surface area (Å²) in [5, 5.41) is 10.7. The molecule has 2 atom stereocenters. The fraction of sp³-hybridized carbons (Fsp3) is 0.241. The molecule has 4 N–H and O–H groups in total. The zero-order valence-electron chi connectivity index (χ0n) is 22.0. The summed E-state index contributed by atoms with van der Waals surface area (Å²) in [5.74, 6) is -1.15. The van der Waals surface area contributed by atoms with Crippen LogP contribution in [0.2, 0.25) is 0 Å². The van der Waals surface area contributed by atoms with E-state index in [2.05, 4.69) is 21.3 Å². The Labute approximate surface area is 227 Å². The van der Waals surface area contributed by atoms with Crippen LogP contribution in [0, 0.1) is 6.92 Å². The summed E-state index contributed by atoms with van der Waals surface area (Å²) in [6.45, 7) is 1.79. The van der Waals surface area contributed by atoms with E-state index in [4.69, 9.17) is 9.47 Å². The number of hydrogen-bond donors (Lipinski definition) is 4. The normalized spacial score (nSPS) is 11.9. The van der Waals surface area contributed by atoms with Crippen molar-refractivity contribution in [3.63, 3.8) is 0 Å². The maximum atomic E-state index is 12.8. The Morgan fingerprint density at radius 1 is 0.667 bits per heavy atom. The zero-order valence-corrected chi connectivity index (χ0v) is 22.0. The van der Waals surface area contributed by atoms with Gasteiger partial charge in [0.05, 0.1) is 14.2 Å². The van der Waals surface area contributed by atoms with Crippen LogP contribution in [0.5, 0.6) is 0 Å². The van der Waals surface area contributed by atoms with Gasteiger partial charge in [-0.15, -0.1) is 0 Å².